The molecule has 0 spiro atoms. The summed E-state index contributed by atoms with van der Waals surface area (Å²) in [7, 11) is 2.01. The number of fused-ring (bicyclic) bond motifs is 1. The van der Waals surface area contributed by atoms with Gasteiger partial charge >= 0.3 is 0 Å². The molecule has 1 aliphatic carbocycles. The first-order chi connectivity index (χ1) is 5.31. The third kappa shape index (κ3) is 1.19. The average molecular weight is 188 g/mol. The second-order valence-corrected chi connectivity index (χ2v) is 4.58. The van der Waals surface area contributed by atoms with E-state index in [4.69, 9.17) is 11.6 Å². The lowest BCUT2D eigenvalue weighted by atomic mass is 10.2. The van der Waals surface area contributed by atoms with Crippen LogP contribution in [0.1, 0.15) is 22.9 Å². The summed E-state index contributed by atoms with van der Waals surface area (Å²) >= 11 is 7.61. The largest absolute Gasteiger partial charge is 0.313 e. The fourth-order valence-corrected chi connectivity index (χ4v) is 2.99. The van der Waals surface area contributed by atoms with Crippen molar-refractivity contribution >= 4 is 22.9 Å². The number of thiophene rings is 1. The molecule has 1 unspecified atom stereocenters. The maximum atomic E-state index is 5.89. The van der Waals surface area contributed by atoms with Crippen molar-refractivity contribution in [3.8, 4) is 0 Å². The van der Waals surface area contributed by atoms with Crippen LogP contribution in [0.2, 0.25) is 4.34 Å². The van der Waals surface area contributed by atoms with E-state index in [1.165, 1.54) is 23.3 Å². The van der Waals surface area contributed by atoms with Crippen molar-refractivity contribution < 1.29 is 0 Å². The molecule has 0 aliphatic heterocycles. The molecule has 3 heteroatoms. The summed E-state index contributed by atoms with van der Waals surface area (Å²) in [5, 5.41) is 3.28. The van der Waals surface area contributed by atoms with Crippen molar-refractivity contribution in [3.63, 3.8) is 0 Å². The summed E-state index contributed by atoms with van der Waals surface area (Å²) in [5.74, 6) is 0. The van der Waals surface area contributed by atoms with Gasteiger partial charge in [-0.25, -0.2) is 0 Å². The molecular formula is C8H10ClNS. The van der Waals surface area contributed by atoms with Gasteiger partial charge in [-0.1, -0.05) is 11.6 Å². The summed E-state index contributed by atoms with van der Waals surface area (Å²) in [4.78, 5) is 1.47. The molecule has 2 rings (SSSR count). The zero-order chi connectivity index (χ0) is 7.84. The fourth-order valence-electron chi connectivity index (χ4n) is 1.63. The molecule has 0 aromatic carbocycles. The first-order valence-electron chi connectivity index (χ1n) is 3.76. The molecule has 1 nitrogen and oxygen atoms in total. The summed E-state index contributed by atoms with van der Waals surface area (Å²) in [6.45, 7) is 0. The van der Waals surface area contributed by atoms with Crippen molar-refractivity contribution in [2.45, 2.75) is 18.9 Å². The average Bonchev–Trinajstić information content (AvgIpc) is 2.45. The molecule has 1 atom stereocenters. The Kier molecular flexibility index (Phi) is 1.91. The molecule has 0 saturated carbocycles. The highest BCUT2D eigenvalue weighted by Crippen LogP contribution is 2.38. The first-order valence-corrected chi connectivity index (χ1v) is 4.96. The maximum Gasteiger partial charge on any atom is 0.0934 e. The highest BCUT2D eigenvalue weighted by atomic mass is 35.5. The van der Waals surface area contributed by atoms with Crippen molar-refractivity contribution in [2.24, 2.45) is 0 Å². The number of aryl methyl sites for hydroxylation is 1. The van der Waals surface area contributed by atoms with Crippen LogP contribution in [0.3, 0.4) is 0 Å². The smallest absolute Gasteiger partial charge is 0.0934 e. The first kappa shape index (κ1) is 7.59. The quantitative estimate of drug-likeness (QED) is 0.713. The van der Waals surface area contributed by atoms with Gasteiger partial charge in [0, 0.05) is 10.9 Å². The van der Waals surface area contributed by atoms with E-state index < -0.39 is 0 Å². The lowest BCUT2D eigenvalue weighted by Gasteiger charge is -2.06. The molecule has 1 heterocycles. The van der Waals surface area contributed by atoms with E-state index in [-0.39, 0.29) is 0 Å². The molecule has 1 N–H and O–H groups in total. The predicted molar refractivity (Wildman–Crippen MR) is 49.5 cm³/mol. The molecule has 0 bridgehead atoms. The van der Waals surface area contributed by atoms with Gasteiger partial charge in [-0.3, -0.25) is 0 Å². The number of nitrogens with one attached hydrogen (secondary N) is 1. The van der Waals surface area contributed by atoms with Crippen molar-refractivity contribution in [3.05, 3.63) is 20.8 Å². The monoisotopic (exact) mass is 187 g/mol. The Hall–Kier alpha value is -0.0500. The molecular weight excluding hydrogens is 178 g/mol. The van der Waals surface area contributed by atoms with Crippen LogP contribution in [0, 0.1) is 0 Å². The van der Waals surface area contributed by atoms with Gasteiger partial charge in [0.25, 0.3) is 0 Å². The third-order valence-corrected chi connectivity index (χ3v) is 3.54. The standard InChI is InChI=1S/C8H10ClNS/c1-10-6-2-3-7-5(6)4-8(9)11-7/h4,6,10H,2-3H2,1H3. The lowest BCUT2D eigenvalue weighted by molar-refractivity contribution is 0.590. The Morgan fingerprint density at radius 3 is 3.27 bits per heavy atom. The summed E-state index contributed by atoms with van der Waals surface area (Å²) in [6.07, 6.45) is 2.42. The maximum absolute atomic E-state index is 5.89. The molecule has 0 radical (unpaired) electrons. The van der Waals surface area contributed by atoms with Crippen LogP contribution in [-0.4, -0.2) is 7.05 Å². The molecule has 11 heavy (non-hydrogen) atoms. The Morgan fingerprint density at radius 2 is 2.55 bits per heavy atom. The van der Waals surface area contributed by atoms with E-state index >= 15 is 0 Å². The second kappa shape index (κ2) is 2.77. The fraction of sp³-hybridized carbons (Fsp3) is 0.500. The summed E-state index contributed by atoms with van der Waals surface area (Å²) in [6, 6.07) is 2.64. The van der Waals surface area contributed by atoms with Gasteiger partial charge in [0.15, 0.2) is 0 Å². The highest BCUT2D eigenvalue weighted by Gasteiger charge is 2.23. The molecule has 0 fully saturated rings. The highest BCUT2D eigenvalue weighted by molar-refractivity contribution is 7.16. The molecule has 60 valence electrons. The molecule has 1 aliphatic rings. The van der Waals surface area contributed by atoms with Crippen LogP contribution in [0.15, 0.2) is 6.07 Å². The van der Waals surface area contributed by atoms with Crippen LogP contribution in [0.4, 0.5) is 0 Å². The van der Waals surface area contributed by atoms with Crippen molar-refractivity contribution in [2.75, 3.05) is 7.05 Å². The predicted octanol–water partition coefficient (Wildman–Crippen LogP) is 2.61. The number of hydrogen-bond acceptors (Lipinski definition) is 2. The SMILES string of the molecule is CNC1CCc2sc(Cl)cc21. The number of halogens is 1. The van der Waals surface area contributed by atoms with E-state index in [1.54, 1.807) is 11.3 Å². The molecule has 0 saturated heterocycles. The molecule has 1 aromatic heterocycles. The van der Waals surface area contributed by atoms with Gasteiger partial charge in [0.1, 0.15) is 0 Å². The second-order valence-electron chi connectivity index (χ2n) is 2.81. The minimum atomic E-state index is 0.550. The van der Waals surface area contributed by atoms with Gasteiger partial charge in [0.2, 0.25) is 0 Å². The van der Waals surface area contributed by atoms with Crippen molar-refractivity contribution in [1.29, 1.82) is 0 Å². The van der Waals surface area contributed by atoms with Gasteiger partial charge < -0.3 is 5.32 Å². The van der Waals surface area contributed by atoms with Crippen molar-refractivity contribution in [1.82, 2.24) is 5.32 Å². The third-order valence-electron chi connectivity index (χ3n) is 2.20. The number of hydrogen-bond donors (Lipinski definition) is 1. The van der Waals surface area contributed by atoms with E-state index in [0.29, 0.717) is 6.04 Å². The van der Waals surface area contributed by atoms with E-state index in [9.17, 15) is 0 Å². The normalized spacial score (nSPS) is 22.2. The van der Waals surface area contributed by atoms with Crippen LogP contribution in [0.25, 0.3) is 0 Å². The summed E-state index contributed by atoms with van der Waals surface area (Å²) in [5.41, 5.74) is 1.42. The minimum Gasteiger partial charge on any atom is -0.313 e. The zero-order valence-corrected chi connectivity index (χ0v) is 7.93. The molecule has 0 amide bonds. The van der Waals surface area contributed by atoms with Crippen LogP contribution in [0.5, 0.6) is 0 Å². The Bertz CT molecular complexity index is 269. The Balaban J connectivity index is 2.37. The van der Waals surface area contributed by atoms with E-state index in [1.807, 2.05) is 7.05 Å². The lowest BCUT2D eigenvalue weighted by Crippen LogP contribution is -2.12. The minimum absolute atomic E-state index is 0.550. The topological polar surface area (TPSA) is 12.0 Å². The Labute approximate surface area is 75.4 Å². The van der Waals surface area contributed by atoms with Gasteiger partial charge in [-0.2, -0.15) is 0 Å². The zero-order valence-electron chi connectivity index (χ0n) is 6.36. The van der Waals surface area contributed by atoms with Crippen LogP contribution >= 0.6 is 22.9 Å². The van der Waals surface area contributed by atoms with Crippen LogP contribution < -0.4 is 5.32 Å². The Morgan fingerprint density at radius 1 is 1.73 bits per heavy atom. The van der Waals surface area contributed by atoms with Gasteiger partial charge in [0.05, 0.1) is 4.34 Å². The summed E-state index contributed by atoms with van der Waals surface area (Å²) < 4.78 is 0.926. The van der Waals surface area contributed by atoms with E-state index in [0.717, 1.165) is 4.34 Å². The van der Waals surface area contributed by atoms with Gasteiger partial charge in [-0.15, -0.1) is 11.3 Å². The molecule has 1 aromatic rings. The van der Waals surface area contributed by atoms with Gasteiger partial charge in [-0.05, 0) is 31.5 Å². The van der Waals surface area contributed by atoms with Crippen LogP contribution in [-0.2, 0) is 6.42 Å². The van der Waals surface area contributed by atoms with E-state index in [2.05, 4.69) is 11.4 Å². The number of rotatable bonds is 1.